The largest absolute Gasteiger partial charge is 0.371 e. The number of piperidine rings is 1. The lowest BCUT2D eigenvalue weighted by Gasteiger charge is -2.36. The summed E-state index contributed by atoms with van der Waals surface area (Å²) in [6.07, 6.45) is 2.89. The second kappa shape index (κ2) is 10.2. The van der Waals surface area contributed by atoms with Crippen LogP contribution in [0.25, 0.3) is 0 Å². The van der Waals surface area contributed by atoms with Gasteiger partial charge in [0.25, 0.3) is 0 Å². The van der Waals surface area contributed by atoms with Gasteiger partial charge in [-0.3, -0.25) is 0 Å². The van der Waals surface area contributed by atoms with E-state index in [2.05, 4.69) is 39.2 Å². The van der Waals surface area contributed by atoms with Crippen LogP contribution in [0.1, 0.15) is 24.1 Å². The molecule has 4 rings (SSSR count). The highest BCUT2D eigenvalue weighted by Crippen LogP contribution is 2.43. The van der Waals surface area contributed by atoms with Gasteiger partial charge in [0.2, 0.25) is 5.95 Å². The Morgan fingerprint density at radius 2 is 1.69 bits per heavy atom. The van der Waals surface area contributed by atoms with E-state index in [1.807, 2.05) is 24.3 Å². The fourth-order valence-corrected chi connectivity index (χ4v) is 5.75. The number of hydrogen-bond acceptors (Lipinski definition) is 6. The standard InChI is InChI=1S/C26H31F3N5OP/c1-33(2)19-13-15-34(16-14-19)20-11-9-18(10-12-20)31-25-30-17-22(27)24(32-25)26(28,29)21-7-5-6-8-23(21)36(3,4)35/h5-12,17,19H,13-16H2,1-4H3,(H,30,31,32). The predicted octanol–water partition coefficient (Wildman–Crippen LogP) is 5.28. The van der Waals surface area contributed by atoms with Gasteiger partial charge in [-0.15, -0.1) is 0 Å². The van der Waals surface area contributed by atoms with Crippen LogP contribution in [0.15, 0.2) is 54.7 Å². The molecule has 0 amide bonds. The van der Waals surface area contributed by atoms with Gasteiger partial charge in [-0.1, -0.05) is 24.3 Å². The molecule has 1 N–H and O–H groups in total. The number of aromatic nitrogens is 2. The topological polar surface area (TPSA) is 61.4 Å². The minimum atomic E-state index is -3.80. The summed E-state index contributed by atoms with van der Waals surface area (Å²) in [5.41, 5.74) is 0.0746. The van der Waals surface area contributed by atoms with E-state index >= 15 is 8.78 Å². The Balaban J connectivity index is 1.54. The van der Waals surface area contributed by atoms with E-state index in [-0.39, 0.29) is 11.3 Å². The van der Waals surface area contributed by atoms with Gasteiger partial charge in [-0.25, -0.2) is 14.4 Å². The summed E-state index contributed by atoms with van der Waals surface area (Å²) in [6, 6.07) is 13.6. The van der Waals surface area contributed by atoms with Gasteiger partial charge in [-0.2, -0.15) is 8.78 Å². The third kappa shape index (κ3) is 5.57. The molecule has 6 nitrogen and oxygen atoms in total. The van der Waals surface area contributed by atoms with Crippen molar-refractivity contribution in [2.45, 2.75) is 24.8 Å². The monoisotopic (exact) mass is 517 g/mol. The first-order valence-corrected chi connectivity index (χ1v) is 14.4. The Hall–Kier alpha value is -2.90. The van der Waals surface area contributed by atoms with E-state index < -0.39 is 30.1 Å². The van der Waals surface area contributed by atoms with Crippen LogP contribution in [0.4, 0.5) is 30.5 Å². The fourth-order valence-electron chi connectivity index (χ4n) is 4.51. The first-order chi connectivity index (χ1) is 17.0. The lowest BCUT2D eigenvalue weighted by Crippen LogP contribution is -2.41. The van der Waals surface area contributed by atoms with E-state index in [4.69, 9.17) is 0 Å². The Labute approximate surface area is 209 Å². The van der Waals surface area contributed by atoms with Gasteiger partial charge >= 0.3 is 5.92 Å². The molecule has 2 heterocycles. The molecular weight excluding hydrogens is 486 g/mol. The van der Waals surface area contributed by atoms with Gasteiger partial charge in [0.1, 0.15) is 7.14 Å². The first kappa shape index (κ1) is 26.2. The molecule has 0 aliphatic carbocycles. The molecule has 0 bridgehead atoms. The van der Waals surface area contributed by atoms with Crippen LogP contribution in [0.2, 0.25) is 0 Å². The highest BCUT2D eigenvalue weighted by Gasteiger charge is 2.42. The number of rotatable bonds is 7. The first-order valence-electron chi connectivity index (χ1n) is 11.8. The summed E-state index contributed by atoms with van der Waals surface area (Å²) < 4.78 is 58.2. The van der Waals surface area contributed by atoms with Crippen molar-refractivity contribution in [3.63, 3.8) is 0 Å². The van der Waals surface area contributed by atoms with Crippen LogP contribution < -0.4 is 15.5 Å². The number of nitrogens with one attached hydrogen (secondary N) is 1. The Morgan fingerprint density at radius 3 is 2.31 bits per heavy atom. The normalized spacial score (nSPS) is 15.4. The lowest BCUT2D eigenvalue weighted by atomic mass is 10.0. The highest BCUT2D eigenvalue weighted by molar-refractivity contribution is 7.70. The van der Waals surface area contributed by atoms with Crippen LogP contribution in [-0.2, 0) is 10.5 Å². The maximum Gasteiger partial charge on any atom is 0.318 e. The third-order valence-corrected chi connectivity index (χ3v) is 8.10. The van der Waals surface area contributed by atoms with Crippen molar-refractivity contribution in [3.05, 3.63) is 71.8 Å². The van der Waals surface area contributed by atoms with E-state index in [0.29, 0.717) is 11.7 Å². The molecule has 36 heavy (non-hydrogen) atoms. The maximum absolute atomic E-state index is 15.5. The number of hydrogen-bond donors (Lipinski definition) is 1. The minimum absolute atomic E-state index is 0.00674. The molecule has 192 valence electrons. The summed E-state index contributed by atoms with van der Waals surface area (Å²) in [7, 11) is 1.16. The van der Waals surface area contributed by atoms with E-state index in [9.17, 15) is 8.96 Å². The van der Waals surface area contributed by atoms with Crippen molar-refractivity contribution in [2.75, 3.05) is 50.7 Å². The van der Waals surface area contributed by atoms with Crippen molar-refractivity contribution in [3.8, 4) is 0 Å². The van der Waals surface area contributed by atoms with Crippen LogP contribution in [0.3, 0.4) is 0 Å². The van der Waals surface area contributed by atoms with E-state index in [0.717, 1.165) is 43.9 Å². The van der Waals surface area contributed by atoms with Gasteiger partial charge in [-0.05, 0) is 64.5 Å². The summed E-state index contributed by atoms with van der Waals surface area (Å²) >= 11 is 0. The van der Waals surface area contributed by atoms with Gasteiger partial charge in [0.05, 0.1) is 6.20 Å². The summed E-state index contributed by atoms with van der Waals surface area (Å²) in [6.45, 7) is 4.72. The fraction of sp³-hybridized carbons (Fsp3) is 0.385. The minimum Gasteiger partial charge on any atom is -0.371 e. The molecule has 0 atom stereocenters. The molecule has 1 aromatic heterocycles. The molecule has 1 fully saturated rings. The van der Waals surface area contributed by atoms with Crippen molar-refractivity contribution < 1.29 is 17.7 Å². The van der Waals surface area contributed by atoms with Crippen LogP contribution >= 0.6 is 7.14 Å². The zero-order chi connectivity index (χ0) is 26.1. The zero-order valence-corrected chi connectivity index (χ0v) is 21.8. The summed E-state index contributed by atoms with van der Waals surface area (Å²) in [5, 5.41) is 2.88. The molecule has 1 saturated heterocycles. The number of alkyl halides is 2. The molecule has 3 aromatic rings. The molecule has 1 aliphatic rings. The number of anilines is 3. The van der Waals surface area contributed by atoms with Gasteiger partial charge < -0.3 is 19.7 Å². The SMILES string of the molecule is CN(C)C1CCN(c2ccc(Nc3ncc(F)c(C(F)(F)c4ccccc4P(C)(C)=O)n3)cc2)CC1. The molecule has 0 spiro atoms. The number of halogens is 3. The van der Waals surface area contributed by atoms with E-state index in [1.165, 1.54) is 31.5 Å². The van der Waals surface area contributed by atoms with Crippen molar-refractivity contribution in [1.82, 2.24) is 14.9 Å². The zero-order valence-electron chi connectivity index (χ0n) is 20.9. The molecular formula is C26H31F3N5OP. The Morgan fingerprint density at radius 1 is 1.06 bits per heavy atom. The van der Waals surface area contributed by atoms with Crippen molar-refractivity contribution >= 4 is 29.8 Å². The molecule has 10 heteroatoms. The molecule has 1 aliphatic heterocycles. The number of benzene rings is 2. The molecule has 0 saturated carbocycles. The van der Waals surface area contributed by atoms with Crippen LogP contribution in [0, 0.1) is 5.82 Å². The van der Waals surface area contributed by atoms with Crippen molar-refractivity contribution in [1.29, 1.82) is 0 Å². The summed E-state index contributed by atoms with van der Waals surface area (Å²) in [4.78, 5) is 12.2. The lowest BCUT2D eigenvalue weighted by molar-refractivity contribution is 0.0347. The van der Waals surface area contributed by atoms with Crippen molar-refractivity contribution in [2.24, 2.45) is 0 Å². The Kier molecular flexibility index (Phi) is 7.43. The molecule has 0 radical (unpaired) electrons. The number of nitrogens with zero attached hydrogens (tertiary/aromatic N) is 4. The van der Waals surface area contributed by atoms with Crippen LogP contribution in [-0.4, -0.2) is 61.4 Å². The molecule has 0 unspecified atom stereocenters. The maximum atomic E-state index is 15.5. The van der Waals surface area contributed by atoms with Crippen LogP contribution in [0.5, 0.6) is 0 Å². The summed E-state index contributed by atoms with van der Waals surface area (Å²) in [5.74, 6) is -5.19. The average Bonchev–Trinajstić information content (AvgIpc) is 2.85. The average molecular weight is 518 g/mol. The molecule has 2 aromatic carbocycles. The second-order valence-electron chi connectivity index (χ2n) is 9.69. The third-order valence-electron chi connectivity index (χ3n) is 6.55. The smallest absolute Gasteiger partial charge is 0.318 e. The van der Waals surface area contributed by atoms with Gasteiger partial charge in [0, 0.05) is 41.4 Å². The van der Waals surface area contributed by atoms with E-state index in [1.54, 1.807) is 0 Å². The highest BCUT2D eigenvalue weighted by atomic mass is 31.2. The predicted molar refractivity (Wildman–Crippen MR) is 139 cm³/mol. The Bertz CT molecular complexity index is 1250. The second-order valence-corrected chi connectivity index (χ2v) is 12.9. The quantitative estimate of drug-likeness (QED) is 0.431. The van der Waals surface area contributed by atoms with Gasteiger partial charge in [0.15, 0.2) is 11.5 Å².